The number of benzene rings is 1. The second kappa shape index (κ2) is 9.10. The van der Waals surface area contributed by atoms with Crippen molar-refractivity contribution in [3.05, 3.63) is 24.3 Å². The molecule has 1 aromatic carbocycles. The first kappa shape index (κ1) is 19.1. The van der Waals surface area contributed by atoms with Crippen LogP contribution in [0, 0.1) is 0 Å². The highest BCUT2D eigenvalue weighted by Crippen LogP contribution is 2.49. The largest absolute Gasteiger partial charge is 0.424 e. The van der Waals surface area contributed by atoms with Crippen molar-refractivity contribution < 1.29 is 17.8 Å². The third-order valence-electron chi connectivity index (χ3n) is 1.95. The summed E-state index contributed by atoms with van der Waals surface area (Å²) in [6.07, 6.45) is 1.63. The topological polar surface area (TPSA) is 44.8 Å². The van der Waals surface area contributed by atoms with Gasteiger partial charge in [-0.1, -0.05) is 0 Å². The highest BCUT2D eigenvalue weighted by molar-refractivity contribution is 8.07. The molecule has 0 aliphatic heterocycles. The zero-order valence-corrected chi connectivity index (χ0v) is 14.6. The van der Waals surface area contributed by atoms with Gasteiger partial charge < -0.3 is 4.52 Å². The molecule has 0 fully saturated rings. The molecule has 1 rings (SSSR count). The summed E-state index contributed by atoms with van der Waals surface area (Å²) in [7, 11) is -1.00. The maximum atomic E-state index is 11.3. The van der Waals surface area contributed by atoms with E-state index in [1.807, 2.05) is 13.8 Å². The van der Waals surface area contributed by atoms with E-state index in [9.17, 15) is 4.21 Å². The first-order chi connectivity index (χ1) is 8.50. The highest BCUT2D eigenvalue weighted by Gasteiger charge is 2.21. The van der Waals surface area contributed by atoms with Crippen LogP contribution in [0.2, 0.25) is 0 Å². The standard InChI is InChI=1S/C11H17O4PS2.H2S/c1-4-13-16(17,14-5-2)15-10-6-8-11(9-7-10)18(3)12;/h6-9H,4-5H2,1-3H3;1H2. The molecular weight excluding hydrogens is 323 g/mol. The molecular formula is C11H19O4PS3. The maximum absolute atomic E-state index is 11.3. The molecule has 1 unspecified atom stereocenters. The Kier molecular flexibility index (Phi) is 9.15. The first-order valence-corrected chi connectivity index (χ1v) is 9.64. The summed E-state index contributed by atoms with van der Waals surface area (Å²) in [6.45, 7) is 1.84. The molecule has 110 valence electrons. The van der Waals surface area contributed by atoms with E-state index in [2.05, 4.69) is 0 Å². The predicted octanol–water partition coefficient (Wildman–Crippen LogP) is 3.21. The Hall–Kier alpha value is 0.0900. The van der Waals surface area contributed by atoms with E-state index < -0.39 is 17.5 Å². The van der Waals surface area contributed by atoms with Crippen molar-refractivity contribution in [3.8, 4) is 5.75 Å². The minimum Gasteiger partial charge on any atom is -0.424 e. The molecule has 4 nitrogen and oxygen atoms in total. The molecule has 1 aromatic rings. The molecule has 0 N–H and O–H groups in total. The molecule has 0 radical (unpaired) electrons. The molecule has 8 heteroatoms. The van der Waals surface area contributed by atoms with E-state index in [4.69, 9.17) is 25.4 Å². The Morgan fingerprint density at radius 1 is 1.16 bits per heavy atom. The lowest BCUT2D eigenvalue weighted by atomic mass is 10.3. The van der Waals surface area contributed by atoms with E-state index in [0.29, 0.717) is 19.0 Å². The fourth-order valence-electron chi connectivity index (χ4n) is 1.23. The summed E-state index contributed by atoms with van der Waals surface area (Å²) < 4.78 is 27.6. The number of hydrogen-bond donors (Lipinski definition) is 0. The third-order valence-corrected chi connectivity index (χ3v) is 5.32. The van der Waals surface area contributed by atoms with Crippen LogP contribution in [0.3, 0.4) is 0 Å². The normalized spacial score (nSPS) is 12.6. The Morgan fingerprint density at radius 2 is 1.63 bits per heavy atom. The van der Waals surface area contributed by atoms with Gasteiger partial charge in [0, 0.05) is 33.8 Å². The summed E-state index contributed by atoms with van der Waals surface area (Å²) in [5.74, 6) is 0.564. The second-order valence-corrected chi connectivity index (χ2v) is 7.61. The fraction of sp³-hybridized carbons (Fsp3) is 0.455. The zero-order chi connectivity index (χ0) is 13.6. The molecule has 19 heavy (non-hydrogen) atoms. The minimum atomic E-state index is -2.72. The quantitative estimate of drug-likeness (QED) is 0.712. The van der Waals surface area contributed by atoms with E-state index in [1.54, 1.807) is 30.5 Å². The van der Waals surface area contributed by atoms with E-state index in [1.165, 1.54) is 0 Å². The first-order valence-electron chi connectivity index (χ1n) is 5.53. The smallest absolute Gasteiger partial charge is 0.380 e. The van der Waals surface area contributed by atoms with Gasteiger partial charge in [-0.25, -0.2) is 0 Å². The van der Waals surface area contributed by atoms with Crippen molar-refractivity contribution in [3.63, 3.8) is 0 Å². The van der Waals surface area contributed by atoms with Crippen molar-refractivity contribution in [1.82, 2.24) is 0 Å². The van der Waals surface area contributed by atoms with Crippen LogP contribution in [0.15, 0.2) is 29.2 Å². The lowest BCUT2D eigenvalue weighted by Gasteiger charge is -2.21. The van der Waals surface area contributed by atoms with Crippen LogP contribution in [-0.2, 0) is 31.7 Å². The van der Waals surface area contributed by atoms with E-state index >= 15 is 0 Å². The molecule has 1 atom stereocenters. The molecule has 0 amide bonds. The highest BCUT2D eigenvalue weighted by atomic mass is 32.5. The van der Waals surface area contributed by atoms with Crippen LogP contribution >= 0.6 is 20.2 Å². The third kappa shape index (κ3) is 6.38. The van der Waals surface area contributed by atoms with Crippen molar-refractivity contribution in [2.24, 2.45) is 0 Å². The fourth-order valence-corrected chi connectivity index (χ4v) is 3.83. The van der Waals surface area contributed by atoms with Crippen LogP contribution < -0.4 is 4.52 Å². The Morgan fingerprint density at radius 3 is 2.00 bits per heavy atom. The van der Waals surface area contributed by atoms with Crippen molar-refractivity contribution in [1.29, 1.82) is 0 Å². The van der Waals surface area contributed by atoms with Gasteiger partial charge in [0.05, 0.1) is 13.2 Å². The predicted molar refractivity (Wildman–Crippen MR) is 87.3 cm³/mol. The van der Waals surface area contributed by atoms with Crippen LogP contribution in [0.25, 0.3) is 0 Å². The average Bonchev–Trinajstić information content (AvgIpc) is 2.30. The number of hydrogen-bond acceptors (Lipinski definition) is 5. The van der Waals surface area contributed by atoms with E-state index in [-0.39, 0.29) is 13.5 Å². The van der Waals surface area contributed by atoms with Crippen LogP contribution in [0.5, 0.6) is 5.75 Å². The van der Waals surface area contributed by atoms with Gasteiger partial charge in [0.25, 0.3) is 0 Å². The lowest BCUT2D eigenvalue weighted by Crippen LogP contribution is -2.02. The molecule has 0 saturated heterocycles. The Labute approximate surface area is 129 Å². The van der Waals surface area contributed by atoms with Gasteiger partial charge in [0.1, 0.15) is 5.75 Å². The zero-order valence-electron chi connectivity index (χ0n) is 11.1. The van der Waals surface area contributed by atoms with Crippen molar-refractivity contribution in [2.45, 2.75) is 18.7 Å². The SMILES string of the molecule is CCOP(=S)(OCC)Oc1ccc(S(C)=O)cc1.S. The molecule has 0 aliphatic carbocycles. The van der Waals surface area contributed by atoms with Crippen LogP contribution in [-0.4, -0.2) is 23.7 Å². The average molecular weight is 342 g/mol. The molecule has 0 aliphatic rings. The molecule has 0 aromatic heterocycles. The summed E-state index contributed by atoms with van der Waals surface area (Å²) in [5.41, 5.74) is 0. The monoisotopic (exact) mass is 342 g/mol. The van der Waals surface area contributed by atoms with Gasteiger partial charge in [0.2, 0.25) is 0 Å². The van der Waals surface area contributed by atoms with Gasteiger partial charge in [-0.05, 0) is 38.1 Å². The molecule has 0 spiro atoms. The van der Waals surface area contributed by atoms with Crippen molar-refractivity contribution in [2.75, 3.05) is 19.5 Å². The second-order valence-electron chi connectivity index (χ2n) is 3.30. The van der Waals surface area contributed by atoms with Gasteiger partial charge in [-0.15, -0.1) is 0 Å². The summed E-state index contributed by atoms with van der Waals surface area (Å²) in [5, 5.41) is 0. The Balaban J connectivity index is 0.00000324. The Bertz CT molecular complexity index is 440. The van der Waals surface area contributed by atoms with Crippen molar-refractivity contribution >= 4 is 42.8 Å². The maximum Gasteiger partial charge on any atom is 0.380 e. The molecule has 0 saturated carbocycles. The summed E-state index contributed by atoms with van der Waals surface area (Å²) in [6, 6.07) is 6.91. The lowest BCUT2D eigenvalue weighted by molar-refractivity contribution is 0.218. The van der Waals surface area contributed by atoms with Gasteiger partial charge in [-0.3, -0.25) is 13.3 Å². The molecule has 0 bridgehead atoms. The van der Waals surface area contributed by atoms with Crippen LogP contribution in [0.1, 0.15) is 13.8 Å². The summed E-state index contributed by atoms with van der Waals surface area (Å²) >= 11 is 5.25. The van der Waals surface area contributed by atoms with Gasteiger partial charge in [0.15, 0.2) is 0 Å². The molecule has 0 heterocycles. The minimum absolute atomic E-state index is 0. The van der Waals surface area contributed by atoms with Crippen LogP contribution in [0.4, 0.5) is 0 Å². The van der Waals surface area contributed by atoms with Gasteiger partial charge >= 0.3 is 6.72 Å². The number of rotatable bonds is 7. The van der Waals surface area contributed by atoms with E-state index in [0.717, 1.165) is 4.90 Å². The summed E-state index contributed by atoms with van der Waals surface area (Å²) in [4.78, 5) is 0.739. The van der Waals surface area contributed by atoms with Gasteiger partial charge in [-0.2, -0.15) is 13.5 Å².